The van der Waals surface area contributed by atoms with Crippen LogP contribution in [0.1, 0.15) is 31.2 Å². The van der Waals surface area contributed by atoms with E-state index in [1.807, 2.05) is 64.7 Å². The van der Waals surface area contributed by atoms with Crippen molar-refractivity contribution in [1.82, 2.24) is 24.3 Å². The molecule has 1 saturated heterocycles. The Morgan fingerprint density at radius 1 is 1.00 bits per heavy atom. The number of ether oxygens (including phenoxy) is 3. The Morgan fingerprint density at radius 3 is 2.68 bits per heavy atom. The summed E-state index contributed by atoms with van der Waals surface area (Å²) in [6.45, 7) is 4.58. The highest BCUT2D eigenvalue weighted by molar-refractivity contribution is 5.89. The molecule has 2 bridgehead atoms. The minimum atomic E-state index is -0.0955. The molecule has 4 heterocycles. The molecule has 4 aromatic rings. The fraction of sp³-hybridized carbons (Fsp3) is 0.441. The number of carbonyl (C=O) groups excluding carboxylic acids is 2. The van der Waals surface area contributed by atoms with Crippen molar-refractivity contribution in [2.24, 2.45) is 5.92 Å². The van der Waals surface area contributed by atoms with Gasteiger partial charge in [0.15, 0.2) is 11.5 Å². The molecule has 6 rings (SSSR count). The Bertz CT molecular complexity index is 1570. The van der Waals surface area contributed by atoms with E-state index < -0.39 is 0 Å². The van der Waals surface area contributed by atoms with Crippen LogP contribution in [0.15, 0.2) is 61.1 Å². The topological polar surface area (TPSA) is 102 Å². The number of rotatable bonds is 4. The summed E-state index contributed by atoms with van der Waals surface area (Å²) in [5.41, 5.74) is 2.94. The van der Waals surface area contributed by atoms with Crippen LogP contribution in [-0.4, -0.2) is 89.3 Å². The standard InChI is InChI=1S/C34H41N5O5/c1-42-30-10-9-25-21-31(30)44-19-6-15-37(32(40)22-27-23-36-29-8-3-2-7-28(27)29)13-4-5-14-39(34(41)26-11-20-43-24-26)18-17-38-16-12-35-33(25)38/h2-3,7-10,12,16,21,23,26,36H,4-6,11,13-15,17-20,22,24H2,1H3. The maximum Gasteiger partial charge on any atom is 0.228 e. The van der Waals surface area contributed by atoms with Crippen molar-refractivity contribution in [3.8, 4) is 22.9 Å². The van der Waals surface area contributed by atoms with E-state index in [9.17, 15) is 9.59 Å². The first-order chi connectivity index (χ1) is 21.6. The summed E-state index contributed by atoms with van der Waals surface area (Å²) in [5.74, 6) is 2.24. The number of aromatic amines is 1. The fourth-order valence-electron chi connectivity index (χ4n) is 6.18. The number of carbonyl (C=O) groups is 2. The number of hydrogen-bond acceptors (Lipinski definition) is 6. The number of methoxy groups -OCH3 is 1. The third-order valence-corrected chi connectivity index (χ3v) is 8.64. The molecule has 0 spiro atoms. The minimum Gasteiger partial charge on any atom is -0.493 e. The van der Waals surface area contributed by atoms with Gasteiger partial charge in [0.05, 0.1) is 32.7 Å². The molecular weight excluding hydrogens is 558 g/mol. The Morgan fingerprint density at radius 2 is 1.84 bits per heavy atom. The van der Waals surface area contributed by atoms with Crippen molar-refractivity contribution in [2.45, 2.75) is 38.6 Å². The molecule has 0 radical (unpaired) electrons. The molecule has 1 atom stereocenters. The lowest BCUT2D eigenvalue weighted by molar-refractivity contribution is -0.136. The van der Waals surface area contributed by atoms with Gasteiger partial charge < -0.3 is 33.6 Å². The first-order valence-electron chi connectivity index (χ1n) is 15.6. The largest absolute Gasteiger partial charge is 0.493 e. The Balaban J connectivity index is 1.22. The number of H-pyrrole nitrogens is 1. The van der Waals surface area contributed by atoms with Crippen LogP contribution >= 0.6 is 0 Å². The normalized spacial score (nSPS) is 18.4. The lowest BCUT2D eigenvalue weighted by atomic mass is 10.1. The summed E-state index contributed by atoms with van der Waals surface area (Å²) >= 11 is 0. The number of nitrogens with zero attached hydrogens (tertiary/aromatic N) is 4. The van der Waals surface area contributed by atoms with Crippen molar-refractivity contribution in [3.05, 3.63) is 66.6 Å². The number of imidazole rings is 1. The molecule has 10 heteroatoms. The third-order valence-electron chi connectivity index (χ3n) is 8.64. The summed E-state index contributed by atoms with van der Waals surface area (Å²) in [7, 11) is 1.63. The van der Waals surface area contributed by atoms with Gasteiger partial charge in [-0.05, 0) is 55.5 Å². The molecule has 1 N–H and O–H groups in total. The Labute approximate surface area is 257 Å². The average Bonchev–Trinajstić information content (AvgIpc) is 3.83. The van der Waals surface area contributed by atoms with Crippen molar-refractivity contribution in [2.75, 3.05) is 53.1 Å². The molecule has 2 aromatic heterocycles. The van der Waals surface area contributed by atoms with E-state index >= 15 is 0 Å². The van der Waals surface area contributed by atoms with Crippen LogP contribution in [0.25, 0.3) is 22.3 Å². The van der Waals surface area contributed by atoms with E-state index in [4.69, 9.17) is 14.2 Å². The highest BCUT2D eigenvalue weighted by Gasteiger charge is 2.28. The molecule has 2 aromatic carbocycles. The number of fused-ring (bicyclic) bond motifs is 5. The van der Waals surface area contributed by atoms with E-state index in [1.54, 1.807) is 13.3 Å². The summed E-state index contributed by atoms with van der Waals surface area (Å²) in [6, 6.07) is 13.9. The zero-order valence-corrected chi connectivity index (χ0v) is 25.4. The zero-order chi connectivity index (χ0) is 30.3. The van der Waals surface area contributed by atoms with Gasteiger partial charge in [-0.15, -0.1) is 0 Å². The summed E-state index contributed by atoms with van der Waals surface area (Å²) in [6.07, 6.45) is 9.05. The minimum absolute atomic E-state index is 0.0914. The van der Waals surface area contributed by atoms with Gasteiger partial charge in [0.1, 0.15) is 5.82 Å². The second kappa shape index (κ2) is 14.0. The quantitative estimate of drug-likeness (QED) is 0.370. The summed E-state index contributed by atoms with van der Waals surface area (Å²) in [4.78, 5) is 39.0. The summed E-state index contributed by atoms with van der Waals surface area (Å²) in [5, 5.41) is 1.08. The molecule has 2 amide bonds. The van der Waals surface area contributed by atoms with Gasteiger partial charge >= 0.3 is 0 Å². The van der Waals surface area contributed by atoms with Crippen LogP contribution in [0.4, 0.5) is 0 Å². The third kappa shape index (κ3) is 6.75. The molecule has 0 aliphatic carbocycles. The fourth-order valence-corrected chi connectivity index (χ4v) is 6.18. The summed E-state index contributed by atoms with van der Waals surface area (Å²) < 4.78 is 19.4. The van der Waals surface area contributed by atoms with Gasteiger partial charge in [0.25, 0.3) is 0 Å². The van der Waals surface area contributed by atoms with Gasteiger partial charge in [-0.25, -0.2) is 4.98 Å². The zero-order valence-electron chi connectivity index (χ0n) is 25.4. The predicted octanol–water partition coefficient (Wildman–Crippen LogP) is 4.54. The highest BCUT2D eigenvalue weighted by atomic mass is 16.5. The molecular formula is C34H41N5O5. The molecule has 0 saturated carbocycles. The Hall–Kier alpha value is -4.31. The van der Waals surface area contributed by atoms with Crippen LogP contribution in [0.5, 0.6) is 11.5 Å². The molecule has 2 aliphatic rings. The highest BCUT2D eigenvalue weighted by Crippen LogP contribution is 2.32. The second-order valence-corrected chi connectivity index (χ2v) is 11.5. The molecule has 232 valence electrons. The number of para-hydroxylation sites is 1. The second-order valence-electron chi connectivity index (χ2n) is 11.5. The monoisotopic (exact) mass is 599 g/mol. The Kier molecular flexibility index (Phi) is 9.45. The van der Waals surface area contributed by atoms with E-state index in [-0.39, 0.29) is 17.7 Å². The molecule has 1 fully saturated rings. The van der Waals surface area contributed by atoms with Crippen molar-refractivity contribution < 1.29 is 23.8 Å². The van der Waals surface area contributed by atoms with Crippen molar-refractivity contribution in [3.63, 3.8) is 0 Å². The average molecular weight is 600 g/mol. The smallest absolute Gasteiger partial charge is 0.228 e. The van der Waals surface area contributed by atoms with Crippen molar-refractivity contribution >= 4 is 22.7 Å². The van der Waals surface area contributed by atoms with Gasteiger partial charge in [-0.1, -0.05) is 18.2 Å². The maximum atomic E-state index is 13.6. The van der Waals surface area contributed by atoms with E-state index in [2.05, 4.69) is 14.5 Å². The van der Waals surface area contributed by atoms with Gasteiger partial charge in [0, 0.05) is 74.4 Å². The van der Waals surface area contributed by atoms with Crippen LogP contribution in [0, 0.1) is 5.92 Å². The van der Waals surface area contributed by atoms with E-state index in [0.717, 1.165) is 47.1 Å². The SMILES string of the molecule is COc1ccc2cc1OCCCN(C(=O)Cc1c[nH]c3ccccc13)CCCCN(C(=O)C1CCOC1)CCn1ccnc1-2. The van der Waals surface area contributed by atoms with Gasteiger partial charge in [-0.3, -0.25) is 9.59 Å². The predicted molar refractivity (Wildman–Crippen MR) is 168 cm³/mol. The lowest BCUT2D eigenvalue weighted by Gasteiger charge is -2.27. The lowest BCUT2D eigenvalue weighted by Crippen LogP contribution is -2.40. The van der Waals surface area contributed by atoms with E-state index in [0.29, 0.717) is 76.9 Å². The first kappa shape index (κ1) is 29.7. The maximum absolute atomic E-state index is 13.6. The molecule has 44 heavy (non-hydrogen) atoms. The molecule has 2 aliphatic heterocycles. The van der Waals surface area contributed by atoms with Crippen molar-refractivity contribution in [1.29, 1.82) is 0 Å². The van der Waals surface area contributed by atoms with Gasteiger partial charge in [0.2, 0.25) is 11.8 Å². The number of amides is 2. The number of benzene rings is 2. The number of hydrogen-bond donors (Lipinski definition) is 1. The first-order valence-corrected chi connectivity index (χ1v) is 15.6. The number of nitrogens with one attached hydrogen (secondary N) is 1. The van der Waals surface area contributed by atoms with Crippen LogP contribution in [0.2, 0.25) is 0 Å². The molecule has 1 unspecified atom stereocenters. The molecule has 10 nitrogen and oxygen atoms in total. The van der Waals surface area contributed by atoms with Gasteiger partial charge in [-0.2, -0.15) is 0 Å². The van der Waals surface area contributed by atoms with Crippen LogP contribution in [0.3, 0.4) is 0 Å². The number of aromatic nitrogens is 3. The van der Waals surface area contributed by atoms with E-state index in [1.165, 1.54) is 0 Å². The van der Waals surface area contributed by atoms with Crippen LogP contribution in [-0.2, 0) is 27.3 Å². The van der Waals surface area contributed by atoms with Crippen LogP contribution < -0.4 is 9.47 Å².